The van der Waals surface area contributed by atoms with Crippen molar-refractivity contribution in [2.24, 2.45) is 5.73 Å². The van der Waals surface area contributed by atoms with Gasteiger partial charge in [-0.25, -0.2) is 0 Å². The number of hydrogen-bond acceptors (Lipinski definition) is 1. The molecule has 0 aliphatic rings. The van der Waals surface area contributed by atoms with Crippen molar-refractivity contribution < 1.29 is 0 Å². The van der Waals surface area contributed by atoms with Gasteiger partial charge in [0.05, 0.1) is 0 Å². The molecular formula is C6H15N. The molecule has 7 heavy (non-hydrogen) atoms. The van der Waals surface area contributed by atoms with Crippen LogP contribution in [0, 0.1) is 0 Å². The minimum atomic E-state index is 0.663. The monoisotopic (exact) mass is 101 g/mol. The van der Waals surface area contributed by atoms with E-state index in [2.05, 4.69) is 0 Å². The lowest BCUT2D eigenvalue weighted by atomic mass is 10.5. The summed E-state index contributed by atoms with van der Waals surface area (Å²) < 4.78 is 0. The summed E-state index contributed by atoms with van der Waals surface area (Å²) in [5.41, 5.74) is 5.05. The van der Waals surface area contributed by atoms with Gasteiger partial charge in [-0.2, -0.15) is 0 Å². The molecule has 2 N–H and O–H groups in total. The van der Waals surface area contributed by atoms with E-state index >= 15 is 0 Å². The van der Waals surface area contributed by atoms with Crippen LogP contribution in [-0.4, -0.2) is 6.54 Å². The van der Waals surface area contributed by atoms with Gasteiger partial charge in [0.2, 0.25) is 0 Å². The summed E-state index contributed by atoms with van der Waals surface area (Å²) in [7, 11) is 0. The molecule has 0 bridgehead atoms. The summed E-state index contributed by atoms with van der Waals surface area (Å²) in [5, 5.41) is 0. The van der Waals surface area contributed by atoms with Gasteiger partial charge < -0.3 is 5.73 Å². The summed E-state index contributed by atoms with van der Waals surface area (Å²) in [6, 6.07) is 0. The van der Waals surface area contributed by atoms with Crippen LogP contribution in [0.5, 0.6) is 0 Å². The Morgan fingerprint density at radius 3 is 1.86 bits per heavy atom. The Labute approximate surface area is 46.2 Å². The molecule has 0 aliphatic carbocycles. The lowest BCUT2D eigenvalue weighted by Crippen LogP contribution is -1.90. The molecule has 1 heteroatoms. The van der Waals surface area contributed by atoms with Gasteiger partial charge >= 0.3 is 0 Å². The Bertz CT molecular complexity index is 31.2. The SMILES string of the molecule is C/C=C\CN.CC. The van der Waals surface area contributed by atoms with Crippen LogP contribution in [0.2, 0.25) is 0 Å². The van der Waals surface area contributed by atoms with Gasteiger partial charge in [-0.05, 0) is 6.92 Å². The Morgan fingerprint density at radius 2 is 1.86 bits per heavy atom. The molecule has 0 aromatic rings. The number of nitrogens with two attached hydrogens (primary N) is 1. The first kappa shape index (κ1) is 9.85. The van der Waals surface area contributed by atoms with Gasteiger partial charge in [0, 0.05) is 6.54 Å². The Kier molecular flexibility index (Phi) is 24.3. The minimum Gasteiger partial charge on any atom is -0.327 e. The normalized spacial score (nSPS) is 8.00. The molecule has 0 radical (unpaired) electrons. The first-order valence-corrected chi connectivity index (χ1v) is 2.73. The molecule has 0 atom stereocenters. The molecule has 0 heterocycles. The molecule has 0 unspecified atom stereocenters. The zero-order chi connectivity index (χ0) is 6.12. The number of allylic oxidation sites excluding steroid dienone is 1. The fourth-order valence-electron chi connectivity index (χ4n) is 0.136. The summed E-state index contributed by atoms with van der Waals surface area (Å²) in [6.07, 6.45) is 3.83. The van der Waals surface area contributed by atoms with E-state index in [0.717, 1.165) is 0 Å². The van der Waals surface area contributed by atoms with Crippen molar-refractivity contribution in [1.82, 2.24) is 0 Å². The Hall–Kier alpha value is -0.300. The van der Waals surface area contributed by atoms with Gasteiger partial charge in [0.25, 0.3) is 0 Å². The maximum Gasteiger partial charge on any atom is 0.0106 e. The highest BCUT2D eigenvalue weighted by Crippen LogP contribution is 1.57. The molecule has 0 saturated carbocycles. The largest absolute Gasteiger partial charge is 0.327 e. The zero-order valence-corrected chi connectivity index (χ0v) is 5.44. The third kappa shape index (κ3) is 27.0. The van der Waals surface area contributed by atoms with Crippen LogP contribution in [-0.2, 0) is 0 Å². The molecular weight excluding hydrogens is 86.1 g/mol. The van der Waals surface area contributed by atoms with Crippen molar-refractivity contribution in [3.05, 3.63) is 12.2 Å². The topological polar surface area (TPSA) is 26.0 Å². The van der Waals surface area contributed by atoms with Crippen LogP contribution in [0.4, 0.5) is 0 Å². The van der Waals surface area contributed by atoms with Gasteiger partial charge in [-0.15, -0.1) is 0 Å². The van der Waals surface area contributed by atoms with Crippen molar-refractivity contribution >= 4 is 0 Å². The summed E-state index contributed by atoms with van der Waals surface area (Å²) >= 11 is 0. The van der Waals surface area contributed by atoms with E-state index in [1.165, 1.54) is 0 Å². The summed E-state index contributed by atoms with van der Waals surface area (Å²) in [4.78, 5) is 0. The molecule has 0 saturated heterocycles. The zero-order valence-electron chi connectivity index (χ0n) is 5.44. The molecule has 0 amide bonds. The third-order valence-corrected chi connectivity index (χ3v) is 0.372. The van der Waals surface area contributed by atoms with E-state index in [-0.39, 0.29) is 0 Å². The molecule has 0 rings (SSSR count). The molecule has 0 fully saturated rings. The maximum atomic E-state index is 5.05. The second-order valence-corrected chi connectivity index (χ2v) is 0.805. The van der Waals surface area contributed by atoms with Crippen molar-refractivity contribution in [2.75, 3.05) is 6.54 Å². The Morgan fingerprint density at radius 1 is 1.43 bits per heavy atom. The van der Waals surface area contributed by atoms with Crippen molar-refractivity contribution in [3.63, 3.8) is 0 Å². The van der Waals surface area contributed by atoms with Crippen molar-refractivity contribution in [2.45, 2.75) is 20.8 Å². The van der Waals surface area contributed by atoms with E-state index in [0.29, 0.717) is 6.54 Å². The summed E-state index contributed by atoms with van der Waals surface area (Å²) in [6.45, 7) is 6.61. The molecule has 0 aromatic heterocycles. The quantitative estimate of drug-likeness (QED) is 0.498. The van der Waals surface area contributed by atoms with Crippen LogP contribution in [0.15, 0.2) is 12.2 Å². The first-order valence-electron chi connectivity index (χ1n) is 2.73. The highest BCUT2D eigenvalue weighted by Gasteiger charge is 1.51. The highest BCUT2D eigenvalue weighted by molar-refractivity contribution is 4.76. The van der Waals surface area contributed by atoms with Crippen LogP contribution < -0.4 is 5.73 Å². The Balaban J connectivity index is 0. The molecule has 1 nitrogen and oxygen atoms in total. The third-order valence-electron chi connectivity index (χ3n) is 0.372. The van der Waals surface area contributed by atoms with E-state index < -0.39 is 0 Å². The van der Waals surface area contributed by atoms with E-state index in [1.54, 1.807) is 0 Å². The predicted octanol–water partition coefficient (Wildman–Crippen LogP) is 1.55. The van der Waals surface area contributed by atoms with E-state index in [4.69, 9.17) is 5.73 Å². The second-order valence-electron chi connectivity index (χ2n) is 0.805. The van der Waals surface area contributed by atoms with Gasteiger partial charge in [0.1, 0.15) is 0 Å². The van der Waals surface area contributed by atoms with Gasteiger partial charge in [-0.1, -0.05) is 26.0 Å². The molecule has 0 aromatic carbocycles. The molecule has 0 spiro atoms. The highest BCUT2D eigenvalue weighted by atomic mass is 14.5. The van der Waals surface area contributed by atoms with Crippen molar-refractivity contribution in [3.8, 4) is 0 Å². The number of rotatable bonds is 1. The van der Waals surface area contributed by atoms with E-state index in [9.17, 15) is 0 Å². The van der Waals surface area contributed by atoms with E-state index in [1.807, 2.05) is 32.9 Å². The van der Waals surface area contributed by atoms with Crippen LogP contribution in [0.3, 0.4) is 0 Å². The molecule has 44 valence electrons. The lowest BCUT2D eigenvalue weighted by molar-refractivity contribution is 1.25. The average molecular weight is 101 g/mol. The second kappa shape index (κ2) is 17.3. The fraction of sp³-hybridized carbons (Fsp3) is 0.667. The van der Waals surface area contributed by atoms with Gasteiger partial charge in [0.15, 0.2) is 0 Å². The summed E-state index contributed by atoms with van der Waals surface area (Å²) in [5.74, 6) is 0. The lowest BCUT2D eigenvalue weighted by Gasteiger charge is -1.67. The minimum absolute atomic E-state index is 0.663. The maximum absolute atomic E-state index is 5.05. The van der Waals surface area contributed by atoms with Crippen LogP contribution in [0.1, 0.15) is 20.8 Å². The van der Waals surface area contributed by atoms with Crippen LogP contribution >= 0.6 is 0 Å². The molecule has 0 aliphatic heterocycles. The standard InChI is InChI=1S/C4H9N.C2H6/c1-2-3-4-5;1-2/h2-3H,4-5H2,1H3;1-2H3/b3-2-;. The fourth-order valence-corrected chi connectivity index (χ4v) is 0.136. The average Bonchev–Trinajstić information content (AvgIpc) is 1.75. The predicted molar refractivity (Wildman–Crippen MR) is 35.2 cm³/mol. The van der Waals surface area contributed by atoms with Gasteiger partial charge in [-0.3, -0.25) is 0 Å². The van der Waals surface area contributed by atoms with Crippen LogP contribution in [0.25, 0.3) is 0 Å². The number of hydrogen-bond donors (Lipinski definition) is 1. The van der Waals surface area contributed by atoms with Crippen molar-refractivity contribution in [1.29, 1.82) is 0 Å². The first-order chi connectivity index (χ1) is 3.41. The smallest absolute Gasteiger partial charge is 0.0106 e.